The van der Waals surface area contributed by atoms with Crippen LogP contribution in [0.15, 0.2) is 30.3 Å². The predicted molar refractivity (Wildman–Crippen MR) is 81.7 cm³/mol. The van der Waals surface area contributed by atoms with E-state index in [9.17, 15) is 14.5 Å². The summed E-state index contributed by atoms with van der Waals surface area (Å²) in [6.07, 6.45) is 0.0122. The van der Waals surface area contributed by atoms with Crippen LogP contribution < -0.4 is 0 Å². The molecule has 6 heteroatoms. The van der Waals surface area contributed by atoms with Gasteiger partial charge in [0, 0.05) is 5.56 Å². The van der Waals surface area contributed by atoms with Gasteiger partial charge in [-0.05, 0) is 27.2 Å². The van der Waals surface area contributed by atoms with Crippen LogP contribution in [0, 0.1) is 0 Å². The van der Waals surface area contributed by atoms with Gasteiger partial charge in [-0.15, -0.1) is 0 Å². The topological polar surface area (TPSA) is 72.8 Å². The highest BCUT2D eigenvalue weighted by atomic mass is 31.2. The molecule has 1 unspecified atom stereocenters. The Morgan fingerprint density at radius 1 is 1.19 bits per heavy atom. The molecule has 0 heterocycles. The van der Waals surface area contributed by atoms with E-state index in [1.165, 1.54) is 6.92 Å². The van der Waals surface area contributed by atoms with Gasteiger partial charge in [-0.3, -0.25) is 9.36 Å². The van der Waals surface area contributed by atoms with Gasteiger partial charge >= 0.3 is 7.60 Å². The number of hydrogen-bond donors (Lipinski definition) is 1. The molecule has 1 rings (SSSR count). The summed E-state index contributed by atoms with van der Waals surface area (Å²) in [5.74, 6) is -0.400. The van der Waals surface area contributed by atoms with Crippen LogP contribution in [-0.4, -0.2) is 35.9 Å². The van der Waals surface area contributed by atoms with Gasteiger partial charge in [0.1, 0.15) is 5.60 Å². The number of benzene rings is 1. The molecule has 0 aliphatic rings. The standard InChI is InChI=1S/C15H23O5P/c1-4-19-21(18,20-5-2)12-11-15(3,17)14(16)13-9-7-6-8-10-13/h6-10,17H,4-5,11-12H2,1-3H3. The molecule has 0 saturated carbocycles. The van der Waals surface area contributed by atoms with Crippen molar-refractivity contribution >= 4 is 13.4 Å². The second-order valence-corrected chi connectivity index (χ2v) is 7.07. The fourth-order valence-corrected chi connectivity index (χ4v) is 3.76. The van der Waals surface area contributed by atoms with E-state index in [0.29, 0.717) is 5.56 Å². The monoisotopic (exact) mass is 314 g/mol. The number of carbonyl (C=O) groups is 1. The van der Waals surface area contributed by atoms with Crippen LogP contribution in [0.5, 0.6) is 0 Å². The molecule has 0 aromatic heterocycles. The Morgan fingerprint density at radius 3 is 2.19 bits per heavy atom. The van der Waals surface area contributed by atoms with E-state index in [1.807, 2.05) is 0 Å². The van der Waals surface area contributed by atoms with Crippen molar-refractivity contribution in [1.29, 1.82) is 0 Å². The SMILES string of the molecule is CCOP(=O)(CCC(C)(O)C(=O)c1ccccc1)OCC. The van der Waals surface area contributed by atoms with Crippen molar-refractivity contribution in [2.45, 2.75) is 32.8 Å². The minimum atomic E-state index is -3.26. The Kier molecular flexibility index (Phi) is 6.75. The van der Waals surface area contributed by atoms with E-state index in [0.717, 1.165) is 0 Å². The van der Waals surface area contributed by atoms with Gasteiger partial charge in [0.25, 0.3) is 0 Å². The maximum absolute atomic E-state index is 12.4. The van der Waals surface area contributed by atoms with E-state index in [1.54, 1.807) is 44.2 Å². The molecule has 0 fully saturated rings. The van der Waals surface area contributed by atoms with Crippen LogP contribution >= 0.6 is 7.60 Å². The van der Waals surface area contributed by atoms with Crippen LogP contribution in [0.4, 0.5) is 0 Å². The van der Waals surface area contributed by atoms with Crippen LogP contribution in [0.3, 0.4) is 0 Å². The Hall–Kier alpha value is -1.00. The minimum Gasteiger partial charge on any atom is -0.382 e. The predicted octanol–water partition coefficient (Wildman–Crippen LogP) is 3.28. The average Bonchev–Trinajstić information content (AvgIpc) is 2.46. The van der Waals surface area contributed by atoms with E-state index in [4.69, 9.17) is 9.05 Å². The third-order valence-electron chi connectivity index (χ3n) is 3.05. The molecule has 0 bridgehead atoms. The number of Topliss-reactive ketones (excluding diaryl/α,β-unsaturated/α-hetero) is 1. The van der Waals surface area contributed by atoms with Gasteiger partial charge in [0.15, 0.2) is 5.78 Å². The zero-order valence-electron chi connectivity index (χ0n) is 12.7. The molecule has 5 nitrogen and oxygen atoms in total. The molecule has 0 aliphatic heterocycles. The third-order valence-corrected chi connectivity index (χ3v) is 5.12. The largest absolute Gasteiger partial charge is 0.382 e. The number of carbonyl (C=O) groups excluding carboxylic acids is 1. The van der Waals surface area contributed by atoms with Crippen molar-refractivity contribution in [1.82, 2.24) is 0 Å². The molecule has 0 amide bonds. The molecule has 0 radical (unpaired) electrons. The van der Waals surface area contributed by atoms with Gasteiger partial charge < -0.3 is 14.2 Å². The molecule has 0 spiro atoms. The molecule has 21 heavy (non-hydrogen) atoms. The van der Waals surface area contributed by atoms with Gasteiger partial charge in [-0.25, -0.2) is 0 Å². The normalized spacial score (nSPS) is 14.7. The summed E-state index contributed by atoms with van der Waals surface area (Å²) >= 11 is 0. The lowest BCUT2D eigenvalue weighted by Gasteiger charge is -2.24. The zero-order valence-corrected chi connectivity index (χ0v) is 13.6. The zero-order chi connectivity index (χ0) is 15.9. The highest BCUT2D eigenvalue weighted by Gasteiger charge is 2.35. The summed E-state index contributed by atoms with van der Waals surface area (Å²) in [5.41, 5.74) is -1.18. The average molecular weight is 314 g/mol. The van der Waals surface area contributed by atoms with E-state index >= 15 is 0 Å². The minimum absolute atomic E-state index is 0.000252. The quantitative estimate of drug-likeness (QED) is 0.559. The van der Waals surface area contributed by atoms with Gasteiger partial charge in [-0.1, -0.05) is 30.3 Å². The lowest BCUT2D eigenvalue weighted by molar-refractivity contribution is 0.0385. The molecular formula is C15H23O5P. The maximum Gasteiger partial charge on any atom is 0.330 e. The molecule has 0 aliphatic carbocycles. The summed E-state index contributed by atoms with van der Waals surface area (Å²) < 4.78 is 22.7. The Balaban J connectivity index is 2.75. The lowest BCUT2D eigenvalue weighted by Crippen LogP contribution is -2.36. The molecule has 1 atom stereocenters. The number of hydrogen-bond acceptors (Lipinski definition) is 5. The maximum atomic E-state index is 12.4. The number of ketones is 1. The van der Waals surface area contributed by atoms with Crippen LogP contribution in [0.25, 0.3) is 0 Å². The van der Waals surface area contributed by atoms with Crippen LogP contribution in [-0.2, 0) is 13.6 Å². The van der Waals surface area contributed by atoms with Crippen LogP contribution in [0.2, 0.25) is 0 Å². The number of rotatable bonds is 9. The fraction of sp³-hybridized carbons (Fsp3) is 0.533. The van der Waals surface area contributed by atoms with E-state index < -0.39 is 19.0 Å². The molecule has 1 aromatic rings. The summed E-state index contributed by atoms with van der Waals surface area (Å²) in [5, 5.41) is 10.4. The van der Waals surface area contributed by atoms with Crippen molar-refractivity contribution < 1.29 is 23.5 Å². The Bertz CT molecular complexity index is 488. The van der Waals surface area contributed by atoms with Crippen molar-refractivity contribution in [3.05, 3.63) is 35.9 Å². The molecule has 118 valence electrons. The second kappa shape index (κ2) is 7.85. The first-order valence-electron chi connectivity index (χ1n) is 7.05. The first kappa shape index (κ1) is 18.1. The van der Waals surface area contributed by atoms with Crippen LogP contribution in [0.1, 0.15) is 37.6 Å². The van der Waals surface area contributed by atoms with Crippen molar-refractivity contribution in [3.63, 3.8) is 0 Å². The highest BCUT2D eigenvalue weighted by molar-refractivity contribution is 7.53. The number of aliphatic hydroxyl groups is 1. The van der Waals surface area contributed by atoms with Gasteiger partial charge in [-0.2, -0.15) is 0 Å². The summed E-state index contributed by atoms with van der Waals surface area (Å²) in [6.45, 7) is 5.38. The summed E-state index contributed by atoms with van der Waals surface area (Å²) in [7, 11) is -3.26. The first-order chi connectivity index (χ1) is 9.84. The van der Waals surface area contributed by atoms with Crippen molar-refractivity contribution in [2.24, 2.45) is 0 Å². The molecule has 1 aromatic carbocycles. The highest BCUT2D eigenvalue weighted by Crippen LogP contribution is 2.49. The Morgan fingerprint density at radius 2 is 1.71 bits per heavy atom. The summed E-state index contributed by atoms with van der Waals surface area (Å²) in [6, 6.07) is 8.54. The first-order valence-corrected chi connectivity index (χ1v) is 8.78. The molecular weight excluding hydrogens is 291 g/mol. The molecule has 1 N–H and O–H groups in total. The fourth-order valence-electron chi connectivity index (χ4n) is 1.93. The van der Waals surface area contributed by atoms with Crippen molar-refractivity contribution in [2.75, 3.05) is 19.4 Å². The summed E-state index contributed by atoms with van der Waals surface area (Å²) in [4.78, 5) is 12.3. The third kappa shape index (κ3) is 5.36. The van der Waals surface area contributed by atoms with Crippen molar-refractivity contribution in [3.8, 4) is 0 Å². The molecule has 0 saturated heterocycles. The smallest absolute Gasteiger partial charge is 0.330 e. The van der Waals surface area contributed by atoms with E-state index in [-0.39, 0.29) is 25.8 Å². The second-order valence-electron chi connectivity index (χ2n) is 4.89. The lowest BCUT2D eigenvalue weighted by atomic mass is 9.92. The van der Waals surface area contributed by atoms with E-state index in [2.05, 4.69) is 0 Å². The van der Waals surface area contributed by atoms with Gasteiger partial charge in [0.2, 0.25) is 0 Å². The Labute approximate surface area is 125 Å². The van der Waals surface area contributed by atoms with Gasteiger partial charge in [0.05, 0.1) is 19.4 Å².